The van der Waals surface area contributed by atoms with E-state index in [1.807, 2.05) is 54.6 Å². The predicted molar refractivity (Wildman–Crippen MR) is 107 cm³/mol. The molecule has 7 heteroatoms. The van der Waals surface area contributed by atoms with Gasteiger partial charge in [-0.15, -0.1) is 0 Å². The Hall–Kier alpha value is -2.93. The van der Waals surface area contributed by atoms with Gasteiger partial charge in [0.2, 0.25) is 6.10 Å². The molecule has 2 aliphatic heterocycles. The average Bonchev–Trinajstić information content (AvgIpc) is 3.34. The summed E-state index contributed by atoms with van der Waals surface area (Å²) in [5.41, 5.74) is 3.01. The molecule has 1 N–H and O–H groups in total. The minimum absolute atomic E-state index is 0.185. The Morgan fingerprint density at radius 1 is 1.14 bits per heavy atom. The number of imidazole rings is 1. The number of aromatic nitrogens is 2. The average molecular weight is 393 g/mol. The highest BCUT2D eigenvalue weighted by atomic mass is 32.2. The summed E-state index contributed by atoms with van der Waals surface area (Å²) >= 11 is 1.75. The molecule has 2 aromatic carbocycles. The standard InChI is InChI=1S/C21H19N3O3S/c25-20(18-13-26-16-8-4-5-9-17(16)27-18)22-12-15-19(14-6-2-1-3-7-14)23-21-24(15)10-11-28-21/h1-9,18H,10-13H2,(H,22,25)/t18-/m1/s1. The van der Waals surface area contributed by atoms with Crippen molar-refractivity contribution in [2.75, 3.05) is 12.4 Å². The van der Waals surface area contributed by atoms with Crippen molar-refractivity contribution in [1.29, 1.82) is 0 Å². The summed E-state index contributed by atoms with van der Waals surface area (Å²) in [5.74, 6) is 2.09. The van der Waals surface area contributed by atoms with Crippen molar-refractivity contribution in [2.24, 2.45) is 0 Å². The highest BCUT2D eigenvalue weighted by Crippen LogP contribution is 2.33. The second-order valence-electron chi connectivity index (χ2n) is 6.64. The first kappa shape index (κ1) is 17.2. The Balaban J connectivity index is 1.34. The number of rotatable bonds is 4. The van der Waals surface area contributed by atoms with E-state index in [1.54, 1.807) is 11.8 Å². The van der Waals surface area contributed by atoms with Gasteiger partial charge in [-0.3, -0.25) is 4.79 Å². The van der Waals surface area contributed by atoms with Gasteiger partial charge in [0, 0.05) is 17.9 Å². The van der Waals surface area contributed by atoms with Crippen molar-refractivity contribution in [1.82, 2.24) is 14.9 Å². The quantitative estimate of drug-likeness (QED) is 0.738. The zero-order valence-electron chi connectivity index (χ0n) is 15.1. The Labute approximate surface area is 166 Å². The van der Waals surface area contributed by atoms with E-state index in [1.165, 1.54) is 0 Å². The smallest absolute Gasteiger partial charge is 0.265 e. The van der Waals surface area contributed by atoms with Crippen LogP contribution >= 0.6 is 11.8 Å². The van der Waals surface area contributed by atoms with Crippen LogP contribution in [0.4, 0.5) is 0 Å². The van der Waals surface area contributed by atoms with Gasteiger partial charge < -0.3 is 19.4 Å². The first-order valence-electron chi connectivity index (χ1n) is 9.23. The molecule has 3 heterocycles. The number of thioether (sulfide) groups is 1. The summed E-state index contributed by atoms with van der Waals surface area (Å²) in [6.07, 6.45) is -0.662. The van der Waals surface area contributed by atoms with Crippen LogP contribution in [0.1, 0.15) is 5.69 Å². The molecule has 0 aliphatic carbocycles. The number of ether oxygens (including phenoxy) is 2. The minimum Gasteiger partial charge on any atom is -0.485 e. The summed E-state index contributed by atoms with van der Waals surface area (Å²) < 4.78 is 13.7. The fourth-order valence-electron chi connectivity index (χ4n) is 3.47. The van der Waals surface area contributed by atoms with Crippen LogP contribution < -0.4 is 14.8 Å². The van der Waals surface area contributed by atoms with Gasteiger partial charge in [-0.05, 0) is 12.1 Å². The number of amides is 1. The molecule has 3 aromatic rings. The van der Waals surface area contributed by atoms with Gasteiger partial charge in [0.1, 0.15) is 6.61 Å². The van der Waals surface area contributed by atoms with E-state index in [0.717, 1.165) is 34.4 Å². The molecule has 6 nitrogen and oxygen atoms in total. The van der Waals surface area contributed by atoms with Crippen LogP contribution in [0.3, 0.4) is 0 Å². The number of benzene rings is 2. The molecular weight excluding hydrogens is 374 g/mol. The van der Waals surface area contributed by atoms with Crippen LogP contribution in [0.25, 0.3) is 11.3 Å². The van der Waals surface area contributed by atoms with E-state index in [-0.39, 0.29) is 12.5 Å². The van der Waals surface area contributed by atoms with Gasteiger partial charge >= 0.3 is 0 Å². The lowest BCUT2D eigenvalue weighted by Crippen LogP contribution is -2.43. The number of hydrogen-bond acceptors (Lipinski definition) is 5. The molecular formula is C21H19N3O3S. The summed E-state index contributed by atoms with van der Waals surface area (Å²) in [7, 11) is 0. The van der Waals surface area contributed by atoms with Crippen LogP contribution in [0.5, 0.6) is 11.5 Å². The molecule has 0 saturated carbocycles. The van der Waals surface area contributed by atoms with Gasteiger partial charge in [-0.2, -0.15) is 0 Å². The van der Waals surface area contributed by atoms with Crippen LogP contribution in [0, 0.1) is 0 Å². The Bertz CT molecular complexity index is 1020. The van der Waals surface area contributed by atoms with Crippen LogP contribution in [0.2, 0.25) is 0 Å². The number of carbonyl (C=O) groups is 1. The van der Waals surface area contributed by atoms with Crippen molar-refractivity contribution < 1.29 is 14.3 Å². The first-order valence-corrected chi connectivity index (χ1v) is 10.2. The monoisotopic (exact) mass is 393 g/mol. The lowest BCUT2D eigenvalue weighted by atomic mass is 10.1. The molecule has 2 aliphatic rings. The lowest BCUT2D eigenvalue weighted by molar-refractivity contribution is -0.130. The zero-order valence-corrected chi connectivity index (χ0v) is 15.9. The molecule has 1 amide bonds. The lowest BCUT2D eigenvalue weighted by Gasteiger charge is -2.25. The van der Waals surface area contributed by atoms with Crippen LogP contribution in [-0.2, 0) is 17.9 Å². The fraction of sp³-hybridized carbons (Fsp3) is 0.238. The van der Waals surface area contributed by atoms with E-state index >= 15 is 0 Å². The van der Waals surface area contributed by atoms with Gasteiger partial charge in [0.15, 0.2) is 16.7 Å². The van der Waals surface area contributed by atoms with E-state index in [0.29, 0.717) is 18.0 Å². The maximum absolute atomic E-state index is 12.7. The number of nitrogens with zero attached hydrogens (tertiary/aromatic N) is 2. The zero-order chi connectivity index (χ0) is 18.9. The summed E-state index contributed by atoms with van der Waals surface area (Å²) in [6, 6.07) is 17.5. The van der Waals surface area contributed by atoms with E-state index in [9.17, 15) is 4.79 Å². The molecule has 1 atom stereocenters. The molecule has 5 rings (SSSR count). The van der Waals surface area contributed by atoms with Crippen molar-refractivity contribution in [3.05, 3.63) is 60.3 Å². The largest absolute Gasteiger partial charge is 0.485 e. The van der Waals surface area contributed by atoms with Crippen molar-refractivity contribution in [3.63, 3.8) is 0 Å². The van der Waals surface area contributed by atoms with Crippen molar-refractivity contribution >= 4 is 17.7 Å². The maximum Gasteiger partial charge on any atom is 0.265 e. The Morgan fingerprint density at radius 3 is 2.79 bits per heavy atom. The number of para-hydroxylation sites is 2. The second kappa shape index (κ2) is 7.24. The molecule has 142 valence electrons. The number of nitrogens with one attached hydrogen (secondary N) is 1. The third-order valence-corrected chi connectivity index (χ3v) is 5.82. The maximum atomic E-state index is 12.7. The van der Waals surface area contributed by atoms with Gasteiger partial charge in [-0.25, -0.2) is 4.98 Å². The highest BCUT2D eigenvalue weighted by Gasteiger charge is 2.28. The Morgan fingerprint density at radius 2 is 1.93 bits per heavy atom. The normalized spacial score (nSPS) is 17.2. The first-order chi connectivity index (χ1) is 13.8. The van der Waals surface area contributed by atoms with Crippen LogP contribution in [-0.4, -0.2) is 33.9 Å². The molecule has 0 fully saturated rings. The predicted octanol–water partition coefficient (Wildman–Crippen LogP) is 3.11. The van der Waals surface area contributed by atoms with Crippen molar-refractivity contribution in [3.8, 4) is 22.8 Å². The van der Waals surface area contributed by atoms with Gasteiger partial charge in [0.05, 0.1) is 17.9 Å². The number of carbonyl (C=O) groups excluding carboxylic acids is 1. The third-order valence-electron chi connectivity index (χ3n) is 4.86. The second-order valence-corrected chi connectivity index (χ2v) is 7.70. The number of hydrogen-bond donors (Lipinski definition) is 1. The fourth-order valence-corrected chi connectivity index (χ4v) is 4.44. The summed E-state index contributed by atoms with van der Waals surface area (Å²) in [6.45, 7) is 1.51. The van der Waals surface area contributed by atoms with Crippen molar-refractivity contribution in [2.45, 2.75) is 24.3 Å². The molecule has 0 unspecified atom stereocenters. The topological polar surface area (TPSA) is 65.4 Å². The molecule has 0 bridgehead atoms. The van der Waals surface area contributed by atoms with Gasteiger partial charge in [0.25, 0.3) is 5.91 Å². The third kappa shape index (κ3) is 3.11. The molecule has 0 saturated heterocycles. The summed E-state index contributed by atoms with van der Waals surface area (Å²) in [4.78, 5) is 17.5. The SMILES string of the molecule is O=C(NCc1c(-c2ccccc2)nc2n1CCS2)[C@H]1COc2ccccc2O1. The minimum atomic E-state index is -0.662. The summed E-state index contributed by atoms with van der Waals surface area (Å²) in [5, 5.41) is 4.02. The van der Waals surface area contributed by atoms with E-state index < -0.39 is 6.10 Å². The highest BCUT2D eigenvalue weighted by molar-refractivity contribution is 7.99. The molecule has 1 aromatic heterocycles. The molecule has 28 heavy (non-hydrogen) atoms. The van der Waals surface area contributed by atoms with Gasteiger partial charge in [-0.1, -0.05) is 54.2 Å². The van der Waals surface area contributed by atoms with E-state index in [4.69, 9.17) is 14.5 Å². The van der Waals surface area contributed by atoms with Crippen LogP contribution in [0.15, 0.2) is 59.8 Å². The molecule has 0 spiro atoms. The molecule has 0 radical (unpaired) electrons. The Kier molecular flexibility index (Phi) is 4.44. The van der Waals surface area contributed by atoms with E-state index in [2.05, 4.69) is 9.88 Å². The number of fused-ring (bicyclic) bond motifs is 2.